The van der Waals surface area contributed by atoms with Crippen molar-refractivity contribution in [1.82, 2.24) is 4.57 Å². The quantitative estimate of drug-likeness (QED) is 0.320. The van der Waals surface area contributed by atoms with Gasteiger partial charge >= 0.3 is 5.97 Å². The molecule has 0 saturated heterocycles. The van der Waals surface area contributed by atoms with Gasteiger partial charge in [0.2, 0.25) is 5.78 Å². The molecule has 130 valence electrons. The molecule has 0 fully saturated rings. The van der Waals surface area contributed by atoms with Crippen LogP contribution in [0.25, 0.3) is 6.08 Å². The van der Waals surface area contributed by atoms with E-state index in [4.69, 9.17) is 0 Å². The van der Waals surface area contributed by atoms with E-state index in [1.165, 1.54) is 18.2 Å². The standard InChI is InChI=1S/C19H18FNO4/c1-2-25-19(24)18(23)12-16(22)10-9-15-7-5-11-21(15)13-14-6-3-4-8-17(14)20/h3-11H,2,12-13H2,1H3/b10-9+. The van der Waals surface area contributed by atoms with Gasteiger partial charge in [0.25, 0.3) is 0 Å². The Kier molecular flexibility index (Phi) is 6.39. The van der Waals surface area contributed by atoms with Crippen LogP contribution in [0.1, 0.15) is 24.6 Å². The van der Waals surface area contributed by atoms with Crippen molar-refractivity contribution in [3.05, 3.63) is 65.7 Å². The van der Waals surface area contributed by atoms with Crippen LogP contribution in [0.15, 0.2) is 48.7 Å². The molecule has 0 bridgehead atoms. The summed E-state index contributed by atoms with van der Waals surface area (Å²) in [5.41, 5.74) is 1.21. The number of benzene rings is 1. The van der Waals surface area contributed by atoms with E-state index >= 15 is 0 Å². The second-order valence-corrected chi connectivity index (χ2v) is 5.27. The lowest BCUT2D eigenvalue weighted by Gasteiger charge is -2.07. The maximum absolute atomic E-state index is 13.7. The number of ether oxygens (including phenoxy) is 1. The Bertz CT molecular complexity index is 807. The van der Waals surface area contributed by atoms with Crippen molar-refractivity contribution in [2.45, 2.75) is 19.9 Å². The molecule has 6 heteroatoms. The highest BCUT2D eigenvalue weighted by Gasteiger charge is 2.17. The van der Waals surface area contributed by atoms with Crippen LogP contribution in [0.3, 0.4) is 0 Å². The normalized spacial score (nSPS) is 10.8. The second-order valence-electron chi connectivity index (χ2n) is 5.27. The van der Waals surface area contributed by atoms with Crippen molar-refractivity contribution < 1.29 is 23.5 Å². The molecular weight excluding hydrogens is 325 g/mol. The van der Waals surface area contributed by atoms with Crippen molar-refractivity contribution >= 4 is 23.6 Å². The Hall–Kier alpha value is -3.02. The summed E-state index contributed by atoms with van der Waals surface area (Å²) in [6.45, 7) is 1.98. The van der Waals surface area contributed by atoms with Gasteiger partial charge < -0.3 is 9.30 Å². The van der Waals surface area contributed by atoms with Crippen LogP contribution < -0.4 is 0 Å². The fourth-order valence-electron chi connectivity index (χ4n) is 2.21. The Labute approximate surface area is 144 Å². The summed E-state index contributed by atoms with van der Waals surface area (Å²) in [6.07, 6.45) is 3.98. The smallest absolute Gasteiger partial charge is 0.375 e. The SMILES string of the molecule is CCOC(=O)C(=O)CC(=O)/C=C/c1cccn1Cc1ccccc1F. The Morgan fingerprint density at radius 1 is 1.16 bits per heavy atom. The van der Waals surface area contributed by atoms with Crippen molar-refractivity contribution in [2.24, 2.45) is 0 Å². The van der Waals surface area contributed by atoms with Crippen molar-refractivity contribution in [1.29, 1.82) is 0 Å². The average Bonchev–Trinajstić information content (AvgIpc) is 3.02. The average molecular weight is 343 g/mol. The third-order valence-corrected chi connectivity index (χ3v) is 3.44. The Balaban J connectivity index is 2.01. The molecule has 0 N–H and O–H groups in total. The predicted octanol–water partition coefficient (Wildman–Crippen LogP) is 2.78. The summed E-state index contributed by atoms with van der Waals surface area (Å²) in [7, 11) is 0. The predicted molar refractivity (Wildman–Crippen MR) is 90.2 cm³/mol. The first-order valence-corrected chi connectivity index (χ1v) is 7.80. The lowest BCUT2D eigenvalue weighted by molar-refractivity contribution is -0.154. The van der Waals surface area contributed by atoms with Gasteiger partial charge in [-0.05, 0) is 37.3 Å². The number of hydrogen-bond donors (Lipinski definition) is 0. The number of carbonyl (C=O) groups is 3. The second kappa shape index (κ2) is 8.73. The van der Waals surface area contributed by atoms with Crippen LogP contribution in [-0.2, 0) is 25.7 Å². The number of ketones is 2. The number of allylic oxidation sites excluding steroid dienone is 1. The molecule has 0 atom stereocenters. The fraction of sp³-hybridized carbons (Fsp3) is 0.211. The molecule has 1 aromatic carbocycles. The van der Waals surface area contributed by atoms with Gasteiger partial charge in [0.1, 0.15) is 5.82 Å². The highest BCUT2D eigenvalue weighted by atomic mass is 19.1. The summed E-state index contributed by atoms with van der Waals surface area (Å²) >= 11 is 0. The first-order chi connectivity index (χ1) is 12.0. The first-order valence-electron chi connectivity index (χ1n) is 7.80. The maximum Gasteiger partial charge on any atom is 0.375 e. The van der Waals surface area contributed by atoms with Crippen LogP contribution in [0.4, 0.5) is 4.39 Å². The van der Waals surface area contributed by atoms with Gasteiger partial charge in [-0.1, -0.05) is 18.2 Å². The molecule has 0 saturated carbocycles. The molecule has 2 rings (SSSR count). The summed E-state index contributed by atoms with van der Waals surface area (Å²) in [6, 6.07) is 9.98. The van der Waals surface area contributed by atoms with Crippen LogP contribution in [-0.4, -0.2) is 28.7 Å². The maximum atomic E-state index is 13.7. The molecule has 0 spiro atoms. The molecule has 0 aliphatic carbocycles. The van der Waals surface area contributed by atoms with Crippen LogP contribution in [0.2, 0.25) is 0 Å². The van der Waals surface area contributed by atoms with E-state index in [0.29, 0.717) is 17.8 Å². The van der Waals surface area contributed by atoms with Crippen LogP contribution in [0, 0.1) is 5.82 Å². The lowest BCUT2D eigenvalue weighted by atomic mass is 10.2. The van der Waals surface area contributed by atoms with E-state index in [2.05, 4.69) is 4.74 Å². The molecule has 0 unspecified atom stereocenters. The lowest BCUT2D eigenvalue weighted by Crippen LogP contribution is -2.19. The molecule has 2 aromatic rings. The number of hydrogen-bond acceptors (Lipinski definition) is 4. The minimum absolute atomic E-state index is 0.0815. The van der Waals surface area contributed by atoms with E-state index in [9.17, 15) is 18.8 Å². The van der Waals surface area contributed by atoms with E-state index < -0.39 is 24.0 Å². The van der Waals surface area contributed by atoms with E-state index in [0.717, 1.165) is 0 Å². The highest BCUT2D eigenvalue weighted by molar-refractivity contribution is 6.37. The highest BCUT2D eigenvalue weighted by Crippen LogP contribution is 2.12. The Morgan fingerprint density at radius 3 is 2.64 bits per heavy atom. The molecular formula is C19H18FNO4. The van der Waals surface area contributed by atoms with E-state index in [1.54, 1.807) is 48.0 Å². The van der Waals surface area contributed by atoms with Gasteiger partial charge in [-0.25, -0.2) is 9.18 Å². The monoisotopic (exact) mass is 343 g/mol. The molecule has 0 radical (unpaired) electrons. The fourth-order valence-corrected chi connectivity index (χ4v) is 2.21. The number of aromatic nitrogens is 1. The minimum atomic E-state index is -1.01. The van der Waals surface area contributed by atoms with E-state index in [1.807, 2.05) is 0 Å². The van der Waals surface area contributed by atoms with Crippen molar-refractivity contribution in [3.63, 3.8) is 0 Å². The van der Waals surface area contributed by atoms with Gasteiger partial charge in [-0.2, -0.15) is 0 Å². The molecule has 1 aromatic heterocycles. The molecule has 0 amide bonds. The summed E-state index contributed by atoms with van der Waals surface area (Å²) in [4.78, 5) is 34.5. The number of halogens is 1. The summed E-state index contributed by atoms with van der Waals surface area (Å²) in [5, 5.41) is 0. The zero-order valence-electron chi connectivity index (χ0n) is 13.8. The molecule has 0 aliphatic rings. The molecule has 5 nitrogen and oxygen atoms in total. The minimum Gasteiger partial charge on any atom is -0.460 e. The number of Topliss-reactive ketones (excluding diaryl/α,β-unsaturated/α-hetero) is 1. The number of esters is 1. The van der Waals surface area contributed by atoms with E-state index in [-0.39, 0.29) is 12.4 Å². The zero-order chi connectivity index (χ0) is 18.2. The van der Waals surface area contributed by atoms with Gasteiger partial charge in [0.05, 0.1) is 19.6 Å². The number of rotatable bonds is 8. The first kappa shape index (κ1) is 18.3. The third-order valence-electron chi connectivity index (χ3n) is 3.44. The Morgan fingerprint density at radius 2 is 1.92 bits per heavy atom. The topological polar surface area (TPSA) is 65.4 Å². The molecule has 25 heavy (non-hydrogen) atoms. The van der Waals surface area contributed by atoms with Crippen LogP contribution in [0.5, 0.6) is 0 Å². The van der Waals surface area contributed by atoms with Gasteiger partial charge in [0.15, 0.2) is 5.78 Å². The van der Waals surface area contributed by atoms with Crippen LogP contribution >= 0.6 is 0 Å². The van der Waals surface area contributed by atoms with Gasteiger partial charge in [-0.15, -0.1) is 0 Å². The molecule has 0 aliphatic heterocycles. The van der Waals surface area contributed by atoms with Gasteiger partial charge in [0, 0.05) is 17.5 Å². The van der Waals surface area contributed by atoms with Gasteiger partial charge in [-0.3, -0.25) is 9.59 Å². The van der Waals surface area contributed by atoms with Crippen molar-refractivity contribution in [3.8, 4) is 0 Å². The summed E-state index contributed by atoms with van der Waals surface area (Å²) < 4.78 is 20.1. The summed E-state index contributed by atoms with van der Waals surface area (Å²) in [5.74, 6) is -2.69. The molecule has 1 heterocycles. The number of carbonyl (C=O) groups excluding carboxylic acids is 3. The number of nitrogens with zero attached hydrogens (tertiary/aromatic N) is 1. The largest absolute Gasteiger partial charge is 0.460 e. The third kappa shape index (κ3) is 5.24. The zero-order valence-corrected chi connectivity index (χ0v) is 13.8. The van der Waals surface area contributed by atoms with Crippen molar-refractivity contribution in [2.75, 3.05) is 6.61 Å².